The van der Waals surface area contributed by atoms with Gasteiger partial charge in [0.2, 0.25) is 0 Å². The molecule has 9 nitrogen and oxygen atoms in total. The van der Waals surface area contributed by atoms with Gasteiger partial charge in [-0.2, -0.15) is 10.4 Å². The Balaban J connectivity index is 1.68. The van der Waals surface area contributed by atoms with Gasteiger partial charge in [0, 0.05) is 11.6 Å². The Labute approximate surface area is 203 Å². The van der Waals surface area contributed by atoms with Crippen LogP contribution in [0.2, 0.25) is 10.0 Å². The fraction of sp³-hybridized carbons (Fsp3) is 0. The number of carboxylic acid groups (broad SMARTS) is 1. The second-order valence-electron chi connectivity index (χ2n) is 6.88. The minimum atomic E-state index is -1.31. The Morgan fingerprint density at radius 2 is 1.71 bits per heavy atom. The van der Waals surface area contributed by atoms with Crippen LogP contribution in [0.1, 0.15) is 16.1 Å². The number of hydrogen-bond donors (Lipinski definition) is 3. The van der Waals surface area contributed by atoms with E-state index in [-0.39, 0.29) is 32.9 Å². The average Bonchev–Trinajstić information content (AvgIpc) is 3.24. The number of hydrogen-bond acceptors (Lipinski definition) is 5. The van der Waals surface area contributed by atoms with Crippen molar-refractivity contribution >= 4 is 46.8 Å². The lowest BCUT2D eigenvalue weighted by atomic mass is 10.1. The first-order valence-corrected chi connectivity index (χ1v) is 10.4. The molecule has 0 aliphatic rings. The van der Waals surface area contributed by atoms with Crippen molar-refractivity contribution in [1.29, 1.82) is 5.26 Å². The van der Waals surface area contributed by atoms with E-state index < -0.39 is 12.0 Å². The summed E-state index contributed by atoms with van der Waals surface area (Å²) < 4.78 is 1.44. The van der Waals surface area contributed by atoms with E-state index in [0.717, 1.165) is 0 Å². The predicted molar refractivity (Wildman–Crippen MR) is 128 cm³/mol. The topological polar surface area (TPSA) is 133 Å². The first-order valence-electron chi connectivity index (χ1n) is 9.69. The number of aromatic nitrogens is 3. The summed E-state index contributed by atoms with van der Waals surface area (Å²) in [5.41, 5.74) is 1.81. The van der Waals surface area contributed by atoms with Gasteiger partial charge in [0.25, 0.3) is 5.91 Å². The number of para-hydroxylation sites is 1. The Morgan fingerprint density at radius 3 is 2.41 bits per heavy atom. The molecule has 0 unspecified atom stereocenters. The summed E-state index contributed by atoms with van der Waals surface area (Å²) in [6.07, 6.45) is -1.31. The van der Waals surface area contributed by atoms with Crippen molar-refractivity contribution < 1.29 is 14.7 Å². The van der Waals surface area contributed by atoms with E-state index >= 15 is 0 Å². The standard InChI is InChI=1S/C23H14Cl2N6O3/c24-17-7-6-13(19-9-8-18(25)21(27-19)29-23(33)34)10-16(17)22(32)28-20-11-14(12-26)30-31(20)15-4-2-1-3-5-15/h1-11H,(H,27,29)(H,28,32)(H,33,34). The van der Waals surface area contributed by atoms with E-state index in [1.807, 2.05) is 24.3 Å². The Kier molecular flexibility index (Phi) is 6.45. The predicted octanol–water partition coefficient (Wildman–Crippen LogP) is 5.45. The molecule has 3 N–H and O–H groups in total. The Bertz CT molecular complexity index is 1450. The number of amides is 2. The van der Waals surface area contributed by atoms with Gasteiger partial charge in [-0.3, -0.25) is 10.1 Å². The van der Waals surface area contributed by atoms with Gasteiger partial charge >= 0.3 is 6.09 Å². The molecule has 4 aromatic rings. The molecule has 168 valence electrons. The normalized spacial score (nSPS) is 10.4. The summed E-state index contributed by atoms with van der Waals surface area (Å²) in [5, 5.41) is 27.6. The molecular weight excluding hydrogens is 479 g/mol. The molecule has 2 aromatic carbocycles. The van der Waals surface area contributed by atoms with Crippen molar-refractivity contribution in [3.63, 3.8) is 0 Å². The molecule has 0 aliphatic carbocycles. The van der Waals surface area contributed by atoms with Crippen LogP contribution in [0.4, 0.5) is 16.4 Å². The number of carbonyl (C=O) groups excluding carboxylic acids is 1. The van der Waals surface area contributed by atoms with Gasteiger partial charge < -0.3 is 10.4 Å². The molecular formula is C23H14Cl2N6O3. The van der Waals surface area contributed by atoms with Crippen LogP contribution in [-0.2, 0) is 0 Å². The number of nitriles is 1. The van der Waals surface area contributed by atoms with E-state index in [2.05, 4.69) is 20.7 Å². The van der Waals surface area contributed by atoms with E-state index in [1.54, 1.807) is 24.3 Å². The van der Waals surface area contributed by atoms with Crippen molar-refractivity contribution in [2.24, 2.45) is 0 Å². The second kappa shape index (κ2) is 9.62. The Hall–Kier alpha value is -4.39. The molecule has 2 amide bonds. The maximum atomic E-state index is 13.1. The largest absolute Gasteiger partial charge is 0.465 e. The molecule has 4 rings (SSSR count). The van der Waals surface area contributed by atoms with Crippen LogP contribution in [0.15, 0.2) is 66.7 Å². The molecule has 2 heterocycles. The Morgan fingerprint density at radius 1 is 0.971 bits per heavy atom. The van der Waals surface area contributed by atoms with Crippen molar-refractivity contribution in [2.75, 3.05) is 10.6 Å². The van der Waals surface area contributed by atoms with Crippen LogP contribution >= 0.6 is 23.2 Å². The van der Waals surface area contributed by atoms with Gasteiger partial charge in [-0.25, -0.2) is 14.5 Å². The highest BCUT2D eigenvalue weighted by atomic mass is 35.5. The van der Waals surface area contributed by atoms with Gasteiger partial charge in [-0.05, 0) is 36.4 Å². The van der Waals surface area contributed by atoms with Gasteiger partial charge in [-0.15, -0.1) is 0 Å². The lowest BCUT2D eigenvalue weighted by Gasteiger charge is -2.11. The van der Waals surface area contributed by atoms with Crippen LogP contribution in [0, 0.1) is 11.3 Å². The summed E-state index contributed by atoms with van der Waals surface area (Å²) in [6, 6.07) is 20.2. The molecule has 0 aliphatic heterocycles. The summed E-state index contributed by atoms with van der Waals surface area (Å²) in [4.78, 5) is 28.3. The molecule has 2 aromatic heterocycles. The van der Waals surface area contributed by atoms with E-state index in [9.17, 15) is 14.9 Å². The van der Waals surface area contributed by atoms with Gasteiger partial charge in [-0.1, -0.05) is 47.5 Å². The summed E-state index contributed by atoms with van der Waals surface area (Å²) >= 11 is 12.3. The quantitative estimate of drug-likeness (QED) is 0.338. The lowest BCUT2D eigenvalue weighted by Crippen LogP contribution is -2.15. The molecule has 34 heavy (non-hydrogen) atoms. The number of nitrogens with one attached hydrogen (secondary N) is 2. The maximum Gasteiger partial charge on any atom is 0.410 e. The zero-order chi connectivity index (χ0) is 24.2. The molecule has 0 spiro atoms. The zero-order valence-electron chi connectivity index (χ0n) is 17.2. The first-order chi connectivity index (χ1) is 16.4. The van der Waals surface area contributed by atoms with Gasteiger partial charge in [0.05, 0.1) is 27.0 Å². The number of anilines is 2. The maximum absolute atomic E-state index is 13.1. The smallest absolute Gasteiger partial charge is 0.410 e. The number of rotatable bonds is 5. The fourth-order valence-electron chi connectivity index (χ4n) is 3.12. The number of benzene rings is 2. The van der Waals surface area contributed by atoms with Crippen molar-refractivity contribution in [1.82, 2.24) is 14.8 Å². The van der Waals surface area contributed by atoms with Gasteiger partial charge in [0.15, 0.2) is 11.5 Å². The summed E-state index contributed by atoms with van der Waals surface area (Å²) in [5.74, 6) is -0.290. The monoisotopic (exact) mass is 492 g/mol. The average molecular weight is 493 g/mol. The van der Waals surface area contributed by atoms with Gasteiger partial charge in [0.1, 0.15) is 11.9 Å². The van der Waals surface area contributed by atoms with Crippen molar-refractivity contribution in [2.45, 2.75) is 0 Å². The lowest BCUT2D eigenvalue weighted by molar-refractivity contribution is 0.102. The molecule has 11 heteroatoms. The zero-order valence-corrected chi connectivity index (χ0v) is 18.7. The molecule has 0 fully saturated rings. The minimum Gasteiger partial charge on any atom is -0.465 e. The van der Waals surface area contributed by atoms with Crippen LogP contribution in [0.25, 0.3) is 16.9 Å². The number of nitrogens with zero attached hydrogens (tertiary/aromatic N) is 4. The first kappa shape index (κ1) is 22.8. The fourth-order valence-corrected chi connectivity index (χ4v) is 3.48. The molecule has 0 saturated heterocycles. The highest BCUT2D eigenvalue weighted by Gasteiger charge is 2.17. The minimum absolute atomic E-state index is 0.0385. The third kappa shape index (κ3) is 4.83. The van der Waals surface area contributed by atoms with Crippen LogP contribution in [0.5, 0.6) is 0 Å². The summed E-state index contributed by atoms with van der Waals surface area (Å²) in [7, 11) is 0. The SMILES string of the molecule is N#Cc1cc(NC(=O)c2cc(-c3ccc(Cl)c(NC(=O)O)n3)ccc2Cl)n(-c2ccccc2)n1. The van der Waals surface area contributed by atoms with Crippen LogP contribution in [0.3, 0.4) is 0 Å². The third-order valence-corrected chi connectivity index (χ3v) is 5.28. The van der Waals surface area contributed by atoms with Crippen LogP contribution < -0.4 is 10.6 Å². The number of pyridine rings is 1. The van der Waals surface area contributed by atoms with Crippen molar-refractivity contribution in [3.8, 4) is 23.0 Å². The van der Waals surface area contributed by atoms with E-state index in [4.69, 9.17) is 28.3 Å². The third-order valence-electron chi connectivity index (χ3n) is 4.64. The van der Waals surface area contributed by atoms with Crippen molar-refractivity contribution in [3.05, 3.63) is 88.0 Å². The number of carbonyl (C=O) groups is 2. The second-order valence-corrected chi connectivity index (χ2v) is 7.69. The number of halogens is 2. The summed E-state index contributed by atoms with van der Waals surface area (Å²) in [6.45, 7) is 0. The van der Waals surface area contributed by atoms with Crippen LogP contribution in [-0.4, -0.2) is 31.9 Å². The molecule has 0 saturated carbocycles. The molecule has 0 radical (unpaired) electrons. The van der Waals surface area contributed by atoms with E-state index in [0.29, 0.717) is 16.9 Å². The molecule has 0 atom stereocenters. The highest BCUT2D eigenvalue weighted by molar-refractivity contribution is 6.34. The molecule has 0 bridgehead atoms. The highest BCUT2D eigenvalue weighted by Crippen LogP contribution is 2.29. The van der Waals surface area contributed by atoms with E-state index in [1.165, 1.54) is 28.9 Å².